The molecule has 0 aliphatic carbocycles. The lowest BCUT2D eigenvalue weighted by atomic mass is 10.3. The summed E-state index contributed by atoms with van der Waals surface area (Å²) in [7, 11) is -1.80. The van der Waals surface area contributed by atoms with E-state index in [0.29, 0.717) is 26.2 Å². The molecule has 0 unspecified atom stereocenters. The molecule has 1 fully saturated rings. The lowest BCUT2D eigenvalue weighted by Crippen LogP contribution is -2.52. The number of carbonyl (C=O) groups excluding carboxylic acids is 1. The van der Waals surface area contributed by atoms with E-state index in [2.05, 4.69) is 0 Å². The fourth-order valence-electron chi connectivity index (χ4n) is 3.22. The molecule has 1 aliphatic heterocycles. The van der Waals surface area contributed by atoms with Crippen LogP contribution >= 0.6 is 11.6 Å². The summed E-state index contributed by atoms with van der Waals surface area (Å²) in [5.41, 5.74) is 0. The van der Waals surface area contributed by atoms with Crippen molar-refractivity contribution in [1.29, 1.82) is 0 Å². The summed E-state index contributed by atoms with van der Waals surface area (Å²) >= 11 is 6.06. The number of likely N-dealkylation sites (N-methyl/N-ethyl adjacent to an activating group) is 1. The molecular formula is C21H26ClN3O4S. The summed E-state index contributed by atoms with van der Waals surface area (Å²) in [6, 6.07) is 15.9. The lowest BCUT2D eigenvalue weighted by Gasteiger charge is -2.34. The lowest BCUT2D eigenvalue weighted by molar-refractivity contribution is -0.133. The zero-order chi connectivity index (χ0) is 21.6. The molecule has 1 aliphatic rings. The van der Waals surface area contributed by atoms with E-state index >= 15 is 0 Å². The molecule has 1 heterocycles. The van der Waals surface area contributed by atoms with Crippen LogP contribution in [0, 0.1) is 0 Å². The molecule has 162 valence electrons. The largest absolute Gasteiger partial charge is 0.492 e. The first kappa shape index (κ1) is 22.6. The summed E-state index contributed by atoms with van der Waals surface area (Å²) in [6.45, 7) is 2.57. The van der Waals surface area contributed by atoms with E-state index in [-0.39, 0.29) is 35.5 Å². The summed E-state index contributed by atoms with van der Waals surface area (Å²) < 4.78 is 32.7. The second-order valence-electron chi connectivity index (χ2n) is 7.11. The third kappa shape index (κ3) is 5.72. The Labute approximate surface area is 182 Å². The number of sulfonamides is 1. The van der Waals surface area contributed by atoms with Crippen molar-refractivity contribution >= 4 is 27.5 Å². The molecule has 9 heteroatoms. The third-order valence-corrected chi connectivity index (χ3v) is 7.33. The SMILES string of the molecule is CN(CCOc1ccccc1)CC(=O)N1CCN(S(=O)(=O)c2ccccc2Cl)CC1. The van der Waals surface area contributed by atoms with Gasteiger partial charge in [0, 0.05) is 32.7 Å². The highest BCUT2D eigenvalue weighted by molar-refractivity contribution is 7.89. The fraction of sp³-hybridized carbons (Fsp3) is 0.381. The predicted molar refractivity (Wildman–Crippen MR) is 116 cm³/mol. The van der Waals surface area contributed by atoms with Crippen molar-refractivity contribution in [2.24, 2.45) is 0 Å². The van der Waals surface area contributed by atoms with Gasteiger partial charge in [0.25, 0.3) is 0 Å². The molecular weight excluding hydrogens is 426 g/mol. The van der Waals surface area contributed by atoms with Gasteiger partial charge >= 0.3 is 0 Å². The Morgan fingerprint density at radius 1 is 1.03 bits per heavy atom. The second-order valence-corrected chi connectivity index (χ2v) is 9.43. The summed E-state index contributed by atoms with van der Waals surface area (Å²) in [5, 5.41) is 0.204. The minimum Gasteiger partial charge on any atom is -0.492 e. The second kappa shape index (κ2) is 10.3. The normalized spacial score (nSPS) is 15.4. The molecule has 0 spiro atoms. The topological polar surface area (TPSA) is 70.2 Å². The van der Waals surface area contributed by atoms with Gasteiger partial charge in [0.2, 0.25) is 15.9 Å². The van der Waals surface area contributed by atoms with Gasteiger partial charge in [-0.2, -0.15) is 4.31 Å². The highest BCUT2D eigenvalue weighted by atomic mass is 35.5. The van der Waals surface area contributed by atoms with Crippen molar-refractivity contribution in [3.05, 3.63) is 59.6 Å². The maximum Gasteiger partial charge on any atom is 0.244 e. The monoisotopic (exact) mass is 451 g/mol. The van der Waals surface area contributed by atoms with E-state index in [9.17, 15) is 13.2 Å². The zero-order valence-electron chi connectivity index (χ0n) is 16.9. The Kier molecular flexibility index (Phi) is 7.71. The molecule has 0 N–H and O–H groups in total. The number of para-hydroxylation sites is 1. The van der Waals surface area contributed by atoms with Gasteiger partial charge < -0.3 is 9.64 Å². The van der Waals surface area contributed by atoms with Gasteiger partial charge in [0.15, 0.2) is 0 Å². The maximum absolute atomic E-state index is 12.8. The van der Waals surface area contributed by atoms with E-state index < -0.39 is 10.0 Å². The molecule has 2 aromatic rings. The van der Waals surface area contributed by atoms with Gasteiger partial charge in [-0.3, -0.25) is 9.69 Å². The number of amides is 1. The summed E-state index contributed by atoms with van der Waals surface area (Å²) in [4.78, 5) is 16.3. The Balaban J connectivity index is 1.45. The van der Waals surface area contributed by atoms with Crippen molar-refractivity contribution in [3.63, 3.8) is 0 Å². The summed E-state index contributed by atoms with van der Waals surface area (Å²) in [6.07, 6.45) is 0. The average molecular weight is 452 g/mol. The van der Waals surface area contributed by atoms with Crippen LogP contribution in [-0.4, -0.2) is 81.4 Å². The molecule has 30 heavy (non-hydrogen) atoms. The van der Waals surface area contributed by atoms with Gasteiger partial charge in [-0.15, -0.1) is 0 Å². The Morgan fingerprint density at radius 2 is 1.67 bits per heavy atom. The number of piperazine rings is 1. The first-order chi connectivity index (χ1) is 14.4. The van der Waals surface area contributed by atoms with Crippen LogP contribution in [0.3, 0.4) is 0 Å². The molecule has 0 bridgehead atoms. The van der Waals surface area contributed by atoms with Crippen LogP contribution in [0.2, 0.25) is 5.02 Å². The zero-order valence-corrected chi connectivity index (χ0v) is 18.5. The smallest absolute Gasteiger partial charge is 0.244 e. The van der Waals surface area contributed by atoms with Gasteiger partial charge in [0.05, 0.1) is 11.6 Å². The standard InChI is InChI=1S/C21H26ClN3O4S/c1-23(15-16-29-18-7-3-2-4-8-18)17-21(26)24-11-13-25(14-12-24)30(27,28)20-10-6-5-9-19(20)22/h2-10H,11-17H2,1H3. The highest BCUT2D eigenvalue weighted by Crippen LogP contribution is 2.25. The molecule has 0 atom stereocenters. The van der Waals surface area contributed by atoms with Crippen molar-refractivity contribution in [3.8, 4) is 5.75 Å². The van der Waals surface area contributed by atoms with Crippen molar-refractivity contribution in [2.45, 2.75) is 4.90 Å². The van der Waals surface area contributed by atoms with Crippen molar-refractivity contribution < 1.29 is 17.9 Å². The number of nitrogens with zero attached hydrogens (tertiary/aromatic N) is 3. The van der Waals surface area contributed by atoms with E-state index in [1.807, 2.05) is 42.3 Å². The molecule has 0 saturated carbocycles. The van der Waals surface area contributed by atoms with Gasteiger partial charge in [-0.05, 0) is 31.3 Å². The van der Waals surface area contributed by atoms with Crippen LogP contribution in [-0.2, 0) is 14.8 Å². The molecule has 7 nitrogen and oxygen atoms in total. The van der Waals surface area contributed by atoms with Crippen LogP contribution in [0.5, 0.6) is 5.75 Å². The number of hydrogen-bond donors (Lipinski definition) is 0. The van der Waals surface area contributed by atoms with Gasteiger partial charge in [0.1, 0.15) is 17.3 Å². The Morgan fingerprint density at radius 3 is 2.33 bits per heavy atom. The number of hydrogen-bond acceptors (Lipinski definition) is 5. The third-order valence-electron chi connectivity index (χ3n) is 4.94. The molecule has 1 saturated heterocycles. The molecule has 2 aromatic carbocycles. The van der Waals surface area contributed by atoms with E-state index in [4.69, 9.17) is 16.3 Å². The molecule has 3 rings (SSSR count). The number of halogens is 1. The quantitative estimate of drug-likeness (QED) is 0.615. The minimum absolute atomic E-state index is 0.0213. The van der Waals surface area contributed by atoms with Crippen LogP contribution in [0.25, 0.3) is 0 Å². The van der Waals surface area contributed by atoms with Crippen molar-refractivity contribution in [1.82, 2.24) is 14.1 Å². The van der Waals surface area contributed by atoms with Crippen LogP contribution in [0.1, 0.15) is 0 Å². The number of ether oxygens (including phenoxy) is 1. The van der Waals surface area contributed by atoms with Crippen LogP contribution in [0.4, 0.5) is 0 Å². The molecule has 1 amide bonds. The first-order valence-corrected chi connectivity index (χ1v) is 11.6. The first-order valence-electron chi connectivity index (χ1n) is 9.77. The van der Waals surface area contributed by atoms with Crippen LogP contribution in [0.15, 0.2) is 59.5 Å². The van der Waals surface area contributed by atoms with E-state index in [0.717, 1.165) is 5.75 Å². The van der Waals surface area contributed by atoms with Gasteiger partial charge in [-0.1, -0.05) is 41.9 Å². The average Bonchev–Trinajstić information content (AvgIpc) is 2.74. The van der Waals surface area contributed by atoms with E-state index in [1.54, 1.807) is 23.1 Å². The fourth-order valence-corrected chi connectivity index (χ4v) is 5.13. The molecule has 0 radical (unpaired) electrons. The Bertz CT molecular complexity index is 948. The summed E-state index contributed by atoms with van der Waals surface area (Å²) in [5.74, 6) is 0.778. The van der Waals surface area contributed by atoms with E-state index in [1.165, 1.54) is 10.4 Å². The Hall–Kier alpha value is -2.13. The number of benzene rings is 2. The minimum atomic E-state index is -3.67. The van der Waals surface area contributed by atoms with Crippen molar-refractivity contribution in [2.75, 3.05) is 52.9 Å². The number of rotatable bonds is 8. The van der Waals surface area contributed by atoms with Crippen LogP contribution < -0.4 is 4.74 Å². The maximum atomic E-state index is 12.8. The highest BCUT2D eigenvalue weighted by Gasteiger charge is 2.31. The van der Waals surface area contributed by atoms with Gasteiger partial charge in [-0.25, -0.2) is 8.42 Å². The number of carbonyl (C=O) groups is 1. The predicted octanol–water partition coefficient (Wildman–Crippen LogP) is 2.18. The molecule has 0 aromatic heterocycles.